The molecule has 1 heterocycles. The van der Waals surface area contributed by atoms with Crippen LogP contribution in [0.4, 0.5) is 0 Å². The van der Waals surface area contributed by atoms with E-state index in [4.69, 9.17) is 9.47 Å². The molecule has 1 aromatic rings. The highest BCUT2D eigenvalue weighted by Gasteiger charge is 2.24. The van der Waals surface area contributed by atoms with Crippen LogP contribution in [0.2, 0.25) is 0 Å². The number of ether oxygens (including phenoxy) is 2. The number of nitrogens with one attached hydrogen (secondary N) is 1. The van der Waals surface area contributed by atoms with Crippen molar-refractivity contribution in [2.24, 2.45) is 0 Å². The van der Waals surface area contributed by atoms with Crippen molar-refractivity contribution in [3.8, 4) is 11.5 Å². The van der Waals surface area contributed by atoms with E-state index < -0.39 is 0 Å². The van der Waals surface area contributed by atoms with Gasteiger partial charge in [-0.1, -0.05) is 0 Å². The second kappa shape index (κ2) is 6.75. The van der Waals surface area contributed by atoms with E-state index in [1.54, 1.807) is 14.2 Å². The standard InChI is InChI=1S/C14H22N2O3/c1-18-11-3-4-14(19-2)12(9-11)13(10-17)16-7-5-15-6-8-16/h3-4,9,13,15,17H,5-8,10H2,1-2H3/t13-/m1/s1. The minimum Gasteiger partial charge on any atom is -0.497 e. The van der Waals surface area contributed by atoms with E-state index in [-0.39, 0.29) is 12.6 Å². The van der Waals surface area contributed by atoms with Gasteiger partial charge in [0.2, 0.25) is 0 Å². The molecule has 0 aromatic heterocycles. The number of nitrogens with zero attached hydrogens (tertiary/aromatic N) is 1. The van der Waals surface area contributed by atoms with Crippen LogP contribution in [0.1, 0.15) is 11.6 Å². The third-order valence-corrected chi connectivity index (χ3v) is 3.56. The number of hydrogen-bond donors (Lipinski definition) is 2. The van der Waals surface area contributed by atoms with Crippen molar-refractivity contribution in [3.05, 3.63) is 23.8 Å². The second-order valence-corrected chi connectivity index (χ2v) is 4.59. The molecule has 1 fully saturated rings. The van der Waals surface area contributed by atoms with Gasteiger partial charge in [-0.3, -0.25) is 4.90 Å². The van der Waals surface area contributed by atoms with Gasteiger partial charge in [0.05, 0.1) is 26.9 Å². The first-order valence-corrected chi connectivity index (χ1v) is 6.57. The molecule has 1 aliphatic heterocycles. The third-order valence-electron chi connectivity index (χ3n) is 3.56. The van der Waals surface area contributed by atoms with Crippen LogP contribution in [0, 0.1) is 0 Å². The van der Waals surface area contributed by atoms with E-state index in [0.717, 1.165) is 43.2 Å². The number of rotatable bonds is 5. The highest BCUT2D eigenvalue weighted by atomic mass is 16.5. The number of aliphatic hydroxyl groups is 1. The number of methoxy groups -OCH3 is 2. The summed E-state index contributed by atoms with van der Waals surface area (Å²) < 4.78 is 10.7. The highest BCUT2D eigenvalue weighted by molar-refractivity contribution is 5.42. The third kappa shape index (κ3) is 3.18. The molecule has 5 nitrogen and oxygen atoms in total. The predicted octanol–water partition coefficient (Wildman–Crippen LogP) is 0.642. The number of piperazine rings is 1. The zero-order valence-electron chi connectivity index (χ0n) is 11.6. The molecule has 5 heteroatoms. The summed E-state index contributed by atoms with van der Waals surface area (Å²) >= 11 is 0. The van der Waals surface area contributed by atoms with Crippen LogP contribution in [0.15, 0.2) is 18.2 Å². The minimum atomic E-state index is -0.0489. The molecule has 1 aromatic carbocycles. The van der Waals surface area contributed by atoms with Gasteiger partial charge in [-0.15, -0.1) is 0 Å². The number of benzene rings is 1. The molecule has 0 bridgehead atoms. The monoisotopic (exact) mass is 266 g/mol. The number of hydrogen-bond acceptors (Lipinski definition) is 5. The lowest BCUT2D eigenvalue weighted by molar-refractivity contribution is 0.108. The maximum absolute atomic E-state index is 9.76. The van der Waals surface area contributed by atoms with Crippen LogP contribution in [0.5, 0.6) is 11.5 Å². The van der Waals surface area contributed by atoms with E-state index in [9.17, 15) is 5.11 Å². The van der Waals surface area contributed by atoms with E-state index in [1.165, 1.54) is 0 Å². The molecule has 1 aliphatic rings. The summed E-state index contributed by atoms with van der Waals surface area (Å²) in [6.45, 7) is 3.81. The molecule has 106 valence electrons. The first kappa shape index (κ1) is 14.1. The molecule has 0 amide bonds. The lowest BCUT2D eigenvalue weighted by Gasteiger charge is -2.34. The van der Waals surface area contributed by atoms with E-state index in [2.05, 4.69) is 10.2 Å². The summed E-state index contributed by atoms with van der Waals surface area (Å²) in [4.78, 5) is 2.27. The second-order valence-electron chi connectivity index (χ2n) is 4.59. The lowest BCUT2D eigenvalue weighted by atomic mass is 10.0. The Labute approximate surface area is 114 Å². The smallest absolute Gasteiger partial charge is 0.124 e. The summed E-state index contributed by atoms with van der Waals surface area (Å²) in [5, 5.41) is 13.1. The van der Waals surface area contributed by atoms with Gasteiger partial charge in [0.1, 0.15) is 11.5 Å². The van der Waals surface area contributed by atoms with Crippen LogP contribution in [0.25, 0.3) is 0 Å². The van der Waals surface area contributed by atoms with Crippen molar-refractivity contribution in [2.75, 3.05) is 47.0 Å². The molecule has 2 rings (SSSR count). The van der Waals surface area contributed by atoms with E-state index in [0.29, 0.717) is 0 Å². The van der Waals surface area contributed by atoms with Gasteiger partial charge in [-0.2, -0.15) is 0 Å². The molecule has 0 saturated carbocycles. The Bertz CT molecular complexity index is 406. The van der Waals surface area contributed by atoms with Crippen LogP contribution >= 0.6 is 0 Å². The van der Waals surface area contributed by atoms with Gasteiger partial charge >= 0.3 is 0 Å². The fraction of sp³-hybridized carbons (Fsp3) is 0.571. The van der Waals surface area contributed by atoms with E-state index >= 15 is 0 Å². The Morgan fingerprint density at radius 1 is 1.26 bits per heavy atom. The maximum atomic E-state index is 9.76. The van der Waals surface area contributed by atoms with Crippen LogP contribution < -0.4 is 14.8 Å². The van der Waals surface area contributed by atoms with Crippen molar-refractivity contribution in [3.63, 3.8) is 0 Å². The average molecular weight is 266 g/mol. The van der Waals surface area contributed by atoms with Gasteiger partial charge in [0.15, 0.2) is 0 Å². The molecule has 0 unspecified atom stereocenters. The molecule has 0 radical (unpaired) electrons. The maximum Gasteiger partial charge on any atom is 0.124 e. The zero-order valence-corrected chi connectivity index (χ0v) is 11.6. The quantitative estimate of drug-likeness (QED) is 0.819. The Hall–Kier alpha value is -1.30. The van der Waals surface area contributed by atoms with Crippen molar-refractivity contribution in [1.29, 1.82) is 0 Å². The summed E-state index contributed by atoms with van der Waals surface area (Å²) in [7, 11) is 3.29. The SMILES string of the molecule is COc1ccc(OC)c([C@@H](CO)N2CCNCC2)c1. The fourth-order valence-corrected chi connectivity index (χ4v) is 2.50. The number of aliphatic hydroxyl groups excluding tert-OH is 1. The van der Waals surface area contributed by atoms with Crippen LogP contribution in [0.3, 0.4) is 0 Å². The van der Waals surface area contributed by atoms with Crippen molar-refractivity contribution in [2.45, 2.75) is 6.04 Å². The Kier molecular flexibility index (Phi) is 5.01. The molecule has 19 heavy (non-hydrogen) atoms. The van der Waals surface area contributed by atoms with Crippen molar-refractivity contribution in [1.82, 2.24) is 10.2 Å². The van der Waals surface area contributed by atoms with Gasteiger partial charge in [-0.05, 0) is 18.2 Å². The summed E-state index contributed by atoms with van der Waals surface area (Å²) in [5.74, 6) is 1.57. The summed E-state index contributed by atoms with van der Waals surface area (Å²) in [6.07, 6.45) is 0. The van der Waals surface area contributed by atoms with Gasteiger partial charge in [-0.25, -0.2) is 0 Å². The lowest BCUT2D eigenvalue weighted by Crippen LogP contribution is -2.46. The molecule has 0 aliphatic carbocycles. The first-order chi connectivity index (χ1) is 9.30. The van der Waals surface area contributed by atoms with Gasteiger partial charge in [0, 0.05) is 31.7 Å². The van der Waals surface area contributed by atoms with Gasteiger partial charge in [0.25, 0.3) is 0 Å². The van der Waals surface area contributed by atoms with Crippen LogP contribution in [-0.4, -0.2) is 57.0 Å². The topological polar surface area (TPSA) is 54.0 Å². The zero-order chi connectivity index (χ0) is 13.7. The molecular formula is C14H22N2O3. The molecule has 1 atom stereocenters. The molecule has 0 spiro atoms. The fourth-order valence-electron chi connectivity index (χ4n) is 2.50. The summed E-state index contributed by atoms with van der Waals surface area (Å²) in [5.41, 5.74) is 0.978. The summed E-state index contributed by atoms with van der Waals surface area (Å²) in [6, 6.07) is 5.65. The Morgan fingerprint density at radius 2 is 2.00 bits per heavy atom. The molecule has 1 saturated heterocycles. The van der Waals surface area contributed by atoms with Crippen molar-refractivity contribution < 1.29 is 14.6 Å². The Balaban J connectivity index is 2.29. The minimum absolute atomic E-state index is 0.0489. The van der Waals surface area contributed by atoms with Gasteiger partial charge < -0.3 is 19.9 Å². The Morgan fingerprint density at radius 3 is 2.58 bits per heavy atom. The molecular weight excluding hydrogens is 244 g/mol. The largest absolute Gasteiger partial charge is 0.497 e. The normalized spacial score (nSPS) is 18.1. The van der Waals surface area contributed by atoms with Crippen molar-refractivity contribution >= 4 is 0 Å². The van der Waals surface area contributed by atoms with E-state index in [1.807, 2.05) is 18.2 Å². The van der Waals surface area contributed by atoms with Crippen LogP contribution in [-0.2, 0) is 0 Å². The first-order valence-electron chi connectivity index (χ1n) is 6.57. The average Bonchev–Trinajstić information content (AvgIpc) is 2.49. The molecule has 2 N–H and O–H groups in total. The highest BCUT2D eigenvalue weighted by Crippen LogP contribution is 2.32. The predicted molar refractivity (Wildman–Crippen MR) is 73.8 cm³/mol.